The van der Waals surface area contributed by atoms with Crippen molar-refractivity contribution in [2.45, 2.75) is 33.7 Å². The molecule has 20 heavy (non-hydrogen) atoms. The molecule has 0 saturated carbocycles. The first-order valence-corrected chi connectivity index (χ1v) is 7.38. The molecular weight excluding hydrogens is 322 g/mol. The zero-order valence-electron chi connectivity index (χ0n) is 12.3. The molecule has 0 fully saturated rings. The van der Waals surface area contributed by atoms with E-state index in [4.69, 9.17) is 4.74 Å². The standard InChI is InChI=1S/C15H20BrNO3/c1-5-20-14(18)9-17(10(2)3)15(19)12-6-7-13(16)11(4)8-12/h6-8,10H,5,9H2,1-4H3. The Labute approximate surface area is 128 Å². The van der Waals surface area contributed by atoms with E-state index in [9.17, 15) is 9.59 Å². The minimum atomic E-state index is -0.386. The van der Waals surface area contributed by atoms with Crippen molar-refractivity contribution in [3.8, 4) is 0 Å². The number of hydrogen-bond donors (Lipinski definition) is 0. The lowest BCUT2D eigenvalue weighted by Gasteiger charge is -2.26. The topological polar surface area (TPSA) is 46.6 Å². The smallest absolute Gasteiger partial charge is 0.325 e. The van der Waals surface area contributed by atoms with Gasteiger partial charge in [-0.2, -0.15) is 0 Å². The van der Waals surface area contributed by atoms with Crippen molar-refractivity contribution in [1.82, 2.24) is 4.90 Å². The highest BCUT2D eigenvalue weighted by molar-refractivity contribution is 9.10. The number of esters is 1. The average Bonchev–Trinajstić information content (AvgIpc) is 2.38. The van der Waals surface area contributed by atoms with Crippen molar-refractivity contribution in [3.05, 3.63) is 33.8 Å². The normalized spacial score (nSPS) is 10.5. The Balaban J connectivity index is 2.93. The van der Waals surface area contributed by atoms with Crippen molar-refractivity contribution in [2.75, 3.05) is 13.2 Å². The summed E-state index contributed by atoms with van der Waals surface area (Å²) in [5.41, 5.74) is 1.55. The number of carbonyl (C=O) groups is 2. The molecule has 4 nitrogen and oxygen atoms in total. The van der Waals surface area contributed by atoms with Crippen LogP contribution in [0.2, 0.25) is 0 Å². The van der Waals surface area contributed by atoms with E-state index < -0.39 is 0 Å². The Morgan fingerprint density at radius 2 is 2.00 bits per heavy atom. The lowest BCUT2D eigenvalue weighted by Crippen LogP contribution is -2.41. The number of rotatable bonds is 5. The lowest BCUT2D eigenvalue weighted by molar-refractivity contribution is -0.144. The van der Waals surface area contributed by atoms with Crippen molar-refractivity contribution >= 4 is 27.8 Å². The second-order valence-electron chi connectivity index (χ2n) is 4.80. The van der Waals surface area contributed by atoms with Crippen LogP contribution in [0.3, 0.4) is 0 Å². The van der Waals surface area contributed by atoms with Gasteiger partial charge in [0.15, 0.2) is 0 Å². The van der Waals surface area contributed by atoms with E-state index in [-0.39, 0.29) is 24.5 Å². The number of amides is 1. The summed E-state index contributed by atoms with van der Waals surface area (Å²) in [7, 11) is 0. The van der Waals surface area contributed by atoms with Crippen molar-refractivity contribution in [2.24, 2.45) is 0 Å². The third-order valence-corrected chi connectivity index (χ3v) is 3.78. The highest BCUT2D eigenvalue weighted by atomic mass is 79.9. The molecule has 1 aromatic rings. The Hall–Kier alpha value is -1.36. The van der Waals surface area contributed by atoms with E-state index >= 15 is 0 Å². The second kappa shape index (κ2) is 7.43. The molecule has 0 aliphatic rings. The van der Waals surface area contributed by atoms with E-state index in [0.717, 1.165) is 10.0 Å². The van der Waals surface area contributed by atoms with Gasteiger partial charge in [0.1, 0.15) is 6.54 Å². The molecule has 0 aliphatic heterocycles. The summed E-state index contributed by atoms with van der Waals surface area (Å²) < 4.78 is 5.87. The molecule has 0 radical (unpaired) electrons. The summed E-state index contributed by atoms with van der Waals surface area (Å²) in [6, 6.07) is 5.33. The first-order chi connectivity index (χ1) is 9.36. The van der Waals surface area contributed by atoms with Gasteiger partial charge in [-0.3, -0.25) is 9.59 Å². The second-order valence-corrected chi connectivity index (χ2v) is 5.65. The number of ether oxygens (including phenoxy) is 1. The molecule has 0 saturated heterocycles. The summed E-state index contributed by atoms with van der Waals surface area (Å²) in [4.78, 5) is 25.6. The van der Waals surface area contributed by atoms with Crippen molar-refractivity contribution in [3.63, 3.8) is 0 Å². The molecule has 1 aromatic carbocycles. The van der Waals surface area contributed by atoms with E-state index in [0.29, 0.717) is 12.2 Å². The molecule has 0 aliphatic carbocycles. The molecule has 0 N–H and O–H groups in total. The molecule has 0 unspecified atom stereocenters. The fraction of sp³-hybridized carbons (Fsp3) is 0.467. The summed E-state index contributed by atoms with van der Waals surface area (Å²) >= 11 is 3.41. The molecule has 0 atom stereocenters. The molecule has 0 spiro atoms. The van der Waals surface area contributed by atoms with Crippen LogP contribution in [0.4, 0.5) is 0 Å². The van der Waals surface area contributed by atoms with Crippen LogP contribution in [0.1, 0.15) is 36.7 Å². The van der Waals surface area contributed by atoms with Crippen LogP contribution in [0.5, 0.6) is 0 Å². The quantitative estimate of drug-likeness (QED) is 0.772. The number of nitrogens with zero attached hydrogens (tertiary/aromatic N) is 1. The zero-order chi connectivity index (χ0) is 15.3. The van der Waals surface area contributed by atoms with E-state index in [1.54, 1.807) is 13.0 Å². The Morgan fingerprint density at radius 3 is 2.50 bits per heavy atom. The minimum absolute atomic E-state index is 0.0283. The third kappa shape index (κ3) is 4.34. The first-order valence-electron chi connectivity index (χ1n) is 6.59. The van der Waals surface area contributed by atoms with Crippen LogP contribution in [0.25, 0.3) is 0 Å². The van der Waals surface area contributed by atoms with Crippen LogP contribution in [-0.2, 0) is 9.53 Å². The largest absolute Gasteiger partial charge is 0.465 e. The fourth-order valence-corrected chi connectivity index (χ4v) is 2.02. The van der Waals surface area contributed by atoms with Crippen LogP contribution in [0, 0.1) is 6.92 Å². The number of aryl methyl sites for hydroxylation is 1. The molecule has 0 bridgehead atoms. The summed E-state index contributed by atoms with van der Waals surface area (Å²) in [5, 5.41) is 0. The predicted molar refractivity (Wildman–Crippen MR) is 81.7 cm³/mol. The molecule has 0 aromatic heterocycles. The molecule has 0 heterocycles. The maximum atomic E-state index is 12.5. The van der Waals surface area contributed by atoms with Gasteiger partial charge in [0.25, 0.3) is 5.91 Å². The Kier molecular flexibility index (Phi) is 6.20. The number of hydrogen-bond acceptors (Lipinski definition) is 3. The van der Waals surface area contributed by atoms with Crippen LogP contribution >= 0.6 is 15.9 Å². The van der Waals surface area contributed by atoms with Gasteiger partial charge in [0, 0.05) is 16.1 Å². The maximum absolute atomic E-state index is 12.5. The lowest BCUT2D eigenvalue weighted by atomic mass is 10.1. The first kappa shape index (κ1) is 16.7. The van der Waals surface area contributed by atoms with E-state index in [1.807, 2.05) is 32.9 Å². The molecular formula is C15H20BrNO3. The fourth-order valence-electron chi connectivity index (χ4n) is 1.78. The predicted octanol–water partition coefficient (Wildman–Crippen LogP) is 3.17. The molecule has 110 valence electrons. The number of carbonyl (C=O) groups excluding carboxylic acids is 2. The summed E-state index contributed by atoms with van der Waals surface area (Å²) in [6.07, 6.45) is 0. The van der Waals surface area contributed by atoms with E-state index in [1.165, 1.54) is 4.90 Å². The van der Waals surface area contributed by atoms with Gasteiger partial charge in [-0.25, -0.2) is 0 Å². The van der Waals surface area contributed by atoms with Gasteiger partial charge in [-0.1, -0.05) is 15.9 Å². The van der Waals surface area contributed by atoms with Gasteiger partial charge in [0.05, 0.1) is 6.61 Å². The SMILES string of the molecule is CCOC(=O)CN(C(=O)c1ccc(Br)c(C)c1)C(C)C. The number of halogens is 1. The van der Waals surface area contributed by atoms with Gasteiger partial charge >= 0.3 is 5.97 Å². The zero-order valence-corrected chi connectivity index (χ0v) is 13.9. The average molecular weight is 342 g/mol. The minimum Gasteiger partial charge on any atom is -0.465 e. The molecule has 1 amide bonds. The maximum Gasteiger partial charge on any atom is 0.325 e. The molecule has 5 heteroatoms. The van der Waals surface area contributed by atoms with Crippen LogP contribution in [0.15, 0.2) is 22.7 Å². The van der Waals surface area contributed by atoms with Crippen molar-refractivity contribution < 1.29 is 14.3 Å². The van der Waals surface area contributed by atoms with Crippen molar-refractivity contribution in [1.29, 1.82) is 0 Å². The Morgan fingerprint density at radius 1 is 1.35 bits per heavy atom. The monoisotopic (exact) mass is 341 g/mol. The van der Waals surface area contributed by atoms with Gasteiger partial charge < -0.3 is 9.64 Å². The summed E-state index contributed by atoms with van der Waals surface area (Å²) in [6.45, 7) is 7.71. The summed E-state index contributed by atoms with van der Waals surface area (Å²) in [5.74, 6) is -0.549. The van der Waals surface area contributed by atoms with E-state index in [2.05, 4.69) is 15.9 Å². The highest BCUT2D eigenvalue weighted by Crippen LogP contribution is 2.18. The highest BCUT2D eigenvalue weighted by Gasteiger charge is 2.22. The third-order valence-electron chi connectivity index (χ3n) is 2.89. The van der Waals surface area contributed by atoms with Gasteiger partial charge in [-0.15, -0.1) is 0 Å². The molecule has 1 rings (SSSR count). The van der Waals surface area contributed by atoms with Crippen LogP contribution < -0.4 is 0 Å². The Bertz CT molecular complexity index is 500. The van der Waals surface area contributed by atoms with Crippen LogP contribution in [-0.4, -0.2) is 36.0 Å². The van der Waals surface area contributed by atoms with Gasteiger partial charge in [-0.05, 0) is 51.5 Å². The number of benzene rings is 1. The van der Waals surface area contributed by atoms with Gasteiger partial charge in [0.2, 0.25) is 0 Å².